The second-order valence-electron chi connectivity index (χ2n) is 6.14. The average Bonchev–Trinajstić information content (AvgIpc) is 3.21. The summed E-state index contributed by atoms with van der Waals surface area (Å²) in [7, 11) is 1.60. The van der Waals surface area contributed by atoms with Gasteiger partial charge in [0, 0.05) is 36.7 Å². The quantitative estimate of drug-likeness (QED) is 0.592. The van der Waals surface area contributed by atoms with Gasteiger partial charge < -0.3 is 20.1 Å². The van der Waals surface area contributed by atoms with E-state index < -0.39 is 0 Å². The Hall–Kier alpha value is -3.39. The minimum Gasteiger partial charge on any atom is -0.497 e. The molecule has 0 aliphatic heterocycles. The monoisotopic (exact) mass is 411 g/mol. The zero-order valence-electron chi connectivity index (χ0n) is 16.1. The Morgan fingerprint density at radius 2 is 1.86 bits per heavy atom. The summed E-state index contributed by atoms with van der Waals surface area (Å²) >= 11 is 1.35. The van der Waals surface area contributed by atoms with E-state index in [2.05, 4.69) is 15.6 Å². The minimum atomic E-state index is -0.166. The predicted octanol–water partition coefficient (Wildman–Crippen LogP) is 3.51. The van der Waals surface area contributed by atoms with E-state index >= 15 is 0 Å². The van der Waals surface area contributed by atoms with Crippen LogP contribution in [0.15, 0.2) is 54.7 Å². The summed E-state index contributed by atoms with van der Waals surface area (Å²) in [4.78, 5) is 29.0. The molecule has 0 saturated carbocycles. The van der Waals surface area contributed by atoms with Crippen LogP contribution in [0.25, 0.3) is 0 Å². The number of aromatic nitrogens is 1. The molecule has 1 aromatic carbocycles. The first kappa shape index (κ1) is 20.3. The zero-order chi connectivity index (χ0) is 20.6. The first-order chi connectivity index (χ1) is 14.0. The molecule has 0 bridgehead atoms. The van der Waals surface area contributed by atoms with Crippen molar-refractivity contribution in [3.05, 3.63) is 70.0 Å². The molecular weight excluding hydrogens is 390 g/mol. The van der Waals surface area contributed by atoms with Crippen LogP contribution in [0.3, 0.4) is 0 Å². The Morgan fingerprint density at radius 1 is 1.03 bits per heavy atom. The number of carbonyl (C=O) groups is 2. The van der Waals surface area contributed by atoms with Crippen molar-refractivity contribution in [2.24, 2.45) is 0 Å². The number of carbonyl (C=O) groups excluding carboxylic acids is 2. The van der Waals surface area contributed by atoms with E-state index in [9.17, 15) is 9.59 Å². The minimum absolute atomic E-state index is 0.101. The van der Waals surface area contributed by atoms with E-state index in [4.69, 9.17) is 9.47 Å². The molecule has 150 valence electrons. The van der Waals surface area contributed by atoms with Gasteiger partial charge in [-0.25, -0.2) is 4.98 Å². The molecule has 0 saturated heterocycles. The number of benzene rings is 1. The number of nitrogens with one attached hydrogen (secondary N) is 2. The molecule has 0 atom stereocenters. The molecule has 8 heteroatoms. The first-order valence-electron chi connectivity index (χ1n) is 8.91. The van der Waals surface area contributed by atoms with Gasteiger partial charge in [0.2, 0.25) is 11.8 Å². The van der Waals surface area contributed by atoms with Gasteiger partial charge in [-0.05, 0) is 29.8 Å². The summed E-state index contributed by atoms with van der Waals surface area (Å²) in [5, 5.41) is 5.58. The standard InChI is InChI=1S/C21H21N3O4S/c1-14(25)22-13-18-7-8-19(29-18)21(26)24-12-15-6-9-20(23-11-15)28-17-5-3-4-16(10-17)27-2/h3-11H,12-13H2,1-2H3,(H,22,25)(H,24,26). The van der Waals surface area contributed by atoms with Crippen molar-refractivity contribution in [2.45, 2.75) is 20.0 Å². The molecule has 2 amide bonds. The lowest BCUT2D eigenvalue weighted by atomic mass is 10.3. The lowest BCUT2D eigenvalue weighted by molar-refractivity contribution is -0.119. The topological polar surface area (TPSA) is 89.5 Å². The number of amides is 2. The summed E-state index contributed by atoms with van der Waals surface area (Å²) in [6.07, 6.45) is 1.66. The Kier molecular flexibility index (Phi) is 6.80. The van der Waals surface area contributed by atoms with Crippen LogP contribution in [-0.4, -0.2) is 23.9 Å². The van der Waals surface area contributed by atoms with Crippen molar-refractivity contribution in [3.63, 3.8) is 0 Å². The Morgan fingerprint density at radius 3 is 2.59 bits per heavy atom. The summed E-state index contributed by atoms with van der Waals surface area (Å²) in [5.41, 5.74) is 0.853. The van der Waals surface area contributed by atoms with Crippen molar-refractivity contribution < 1.29 is 19.1 Å². The fraction of sp³-hybridized carbons (Fsp3) is 0.190. The van der Waals surface area contributed by atoms with Crippen molar-refractivity contribution in [1.82, 2.24) is 15.6 Å². The van der Waals surface area contributed by atoms with Crippen LogP contribution in [0.4, 0.5) is 0 Å². The number of hydrogen-bond donors (Lipinski definition) is 2. The van der Waals surface area contributed by atoms with Gasteiger partial charge in [-0.15, -0.1) is 11.3 Å². The van der Waals surface area contributed by atoms with E-state index in [1.165, 1.54) is 18.3 Å². The van der Waals surface area contributed by atoms with Crippen LogP contribution in [0.5, 0.6) is 17.4 Å². The second kappa shape index (κ2) is 9.70. The maximum absolute atomic E-state index is 12.3. The van der Waals surface area contributed by atoms with Crippen LogP contribution in [0, 0.1) is 0 Å². The third-order valence-corrected chi connectivity index (χ3v) is 5.00. The van der Waals surface area contributed by atoms with Crippen LogP contribution < -0.4 is 20.1 Å². The van der Waals surface area contributed by atoms with Gasteiger partial charge in [0.25, 0.3) is 5.91 Å². The average molecular weight is 411 g/mol. The highest BCUT2D eigenvalue weighted by Gasteiger charge is 2.10. The third-order valence-electron chi connectivity index (χ3n) is 3.91. The fourth-order valence-corrected chi connectivity index (χ4v) is 3.30. The first-order valence-corrected chi connectivity index (χ1v) is 9.73. The number of ether oxygens (including phenoxy) is 2. The van der Waals surface area contributed by atoms with E-state index in [0.29, 0.717) is 35.3 Å². The predicted molar refractivity (Wildman–Crippen MR) is 110 cm³/mol. The SMILES string of the molecule is COc1cccc(Oc2ccc(CNC(=O)c3ccc(CNC(C)=O)s3)cn2)c1. The van der Waals surface area contributed by atoms with Gasteiger partial charge in [-0.2, -0.15) is 0 Å². The van der Waals surface area contributed by atoms with E-state index in [1.54, 1.807) is 31.5 Å². The third kappa shape index (κ3) is 6.05. The van der Waals surface area contributed by atoms with Crippen LogP contribution in [-0.2, 0) is 17.9 Å². The van der Waals surface area contributed by atoms with E-state index in [-0.39, 0.29) is 11.8 Å². The van der Waals surface area contributed by atoms with Crippen LogP contribution >= 0.6 is 11.3 Å². The van der Waals surface area contributed by atoms with Gasteiger partial charge in [0.1, 0.15) is 11.5 Å². The molecular formula is C21H21N3O4S. The highest BCUT2D eigenvalue weighted by molar-refractivity contribution is 7.14. The van der Waals surface area contributed by atoms with Gasteiger partial charge in [-0.3, -0.25) is 9.59 Å². The number of nitrogens with zero attached hydrogens (tertiary/aromatic N) is 1. The number of pyridine rings is 1. The smallest absolute Gasteiger partial charge is 0.261 e. The number of methoxy groups -OCH3 is 1. The number of rotatable bonds is 8. The molecule has 2 N–H and O–H groups in total. The largest absolute Gasteiger partial charge is 0.497 e. The van der Waals surface area contributed by atoms with Crippen LogP contribution in [0.1, 0.15) is 27.0 Å². The van der Waals surface area contributed by atoms with E-state index in [0.717, 1.165) is 10.4 Å². The lowest BCUT2D eigenvalue weighted by Crippen LogP contribution is -2.21. The molecule has 0 aliphatic carbocycles. The molecule has 0 aliphatic rings. The highest BCUT2D eigenvalue weighted by Crippen LogP contribution is 2.24. The molecule has 3 rings (SSSR count). The molecule has 29 heavy (non-hydrogen) atoms. The summed E-state index contributed by atoms with van der Waals surface area (Å²) in [5.74, 6) is 1.52. The van der Waals surface area contributed by atoms with Crippen molar-refractivity contribution >= 4 is 23.2 Å². The molecule has 2 aromatic heterocycles. The maximum atomic E-state index is 12.3. The molecule has 7 nitrogen and oxygen atoms in total. The summed E-state index contributed by atoms with van der Waals surface area (Å²) in [6, 6.07) is 14.4. The number of hydrogen-bond acceptors (Lipinski definition) is 6. The Balaban J connectivity index is 1.52. The van der Waals surface area contributed by atoms with Gasteiger partial charge in [0.05, 0.1) is 18.5 Å². The number of thiophene rings is 1. The fourth-order valence-electron chi connectivity index (χ4n) is 2.44. The summed E-state index contributed by atoms with van der Waals surface area (Å²) in [6.45, 7) is 2.23. The molecule has 0 radical (unpaired) electrons. The van der Waals surface area contributed by atoms with Gasteiger partial charge in [0.15, 0.2) is 0 Å². The molecule has 3 aromatic rings. The lowest BCUT2D eigenvalue weighted by Gasteiger charge is -2.08. The van der Waals surface area contributed by atoms with Crippen molar-refractivity contribution in [3.8, 4) is 17.4 Å². The normalized spacial score (nSPS) is 10.3. The zero-order valence-corrected chi connectivity index (χ0v) is 16.9. The van der Waals surface area contributed by atoms with Crippen molar-refractivity contribution in [1.29, 1.82) is 0 Å². The second-order valence-corrected chi connectivity index (χ2v) is 7.31. The molecule has 0 unspecified atom stereocenters. The van der Waals surface area contributed by atoms with Crippen LogP contribution in [0.2, 0.25) is 0 Å². The van der Waals surface area contributed by atoms with Crippen molar-refractivity contribution in [2.75, 3.05) is 7.11 Å². The highest BCUT2D eigenvalue weighted by atomic mass is 32.1. The Labute approximate surface area is 172 Å². The van der Waals surface area contributed by atoms with Gasteiger partial charge in [-0.1, -0.05) is 12.1 Å². The van der Waals surface area contributed by atoms with E-state index in [1.807, 2.05) is 30.3 Å². The molecule has 0 spiro atoms. The molecule has 2 heterocycles. The van der Waals surface area contributed by atoms with Gasteiger partial charge >= 0.3 is 0 Å². The maximum Gasteiger partial charge on any atom is 0.261 e. The molecule has 0 fully saturated rings. The summed E-state index contributed by atoms with van der Waals surface area (Å²) < 4.78 is 10.9. The Bertz CT molecular complexity index is 986.